The molecule has 0 aliphatic carbocycles. The SMILES string of the molecule is O=C(NCc1cccs1)c1nn2c(C(F)(F)F)cc(-c3ccco3)nc2c1Br. The van der Waals surface area contributed by atoms with Crippen LogP contribution in [-0.4, -0.2) is 20.5 Å². The smallest absolute Gasteiger partial charge is 0.433 e. The largest absolute Gasteiger partial charge is 0.463 e. The minimum Gasteiger partial charge on any atom is -0.463 e. The summed E-state index contributed by atoms with van der Waals surface area (Å²) in [6, 6.07) is 7.55. The van der Waals surface area contributed by atoms with Gasteiger partial charge in [0.1, 0.15) is 5.69 Å². The number of hydrogen-bond acceptors (Lipinski definition) is 5. The third kappa shape index (κ3) is 3.42. The Morgan fingerprint density at radius 2 is 2.14 bits per heavy atom. The van der Waals surface area contributed by atoms with E-state index in [1.54, 1.807) is 6.07 Å². The van der Waals surface area contributed by atoms with Gasteiger partial charge in [0.25, 0.3) is 5.91 Å². The van der Waals surface area contributed by atoms with Gasteiger partial charge in [-0.05, 0) is 45.6 Å². The zero-order valence-electron chi connectivity index (χ0n) is 13.8. The van der Waals surface area contributed by atoms with Crippen LogP contribution in [0.5, 0.6) is 0 Å². The first-order valence-corrected chi connectivity index (χ1v) is 9.53. The van der Waals surface area contributed by atoms with Crippen LogP contribution in [0.4, 0.5) is 13.2 Å². The van der Waals surface area contributed by atoms with Crippen LogP contribution in [0.3, 0.4) is 0 Å². The second kappa shape index (κ2) is 7.06. The number of thiophene rings is 1. The van der Waals surface area contributed by atoms with E-state index in [4.69, 9.17) is 4.42 Å². The molecule has 144 valence electrons. The number of fused-ring (bicyclic) bond motifs is 1. The summed E-state index contributed by atoms with van der Waals surface area (Å²) >= 11 is 4.62. The Morgan fingerprint density at radius 1 is 1.32 bits per heavy atom. The molecule has 28 heavy (non-hydrogen) atoms. The molecule has 0 spiro atoms. The average Bonchev–Trinajstić information content (AvgIpc) is 3.40. The van der Waals surface area contributed by atoms with E-state index in [-0.39, 0.29) is 33.8 Å². The molecule has 0 fully saturated rings. The Balaban J connectivity index is 1.79. The highest BCUT2D eigenvalue weighted by Gasteiger charge is 2.36. The zero-order valence-corrected chi connectivity index (χ0v) is 16.2. The first-order valence-electron chi connectivity index (χ1n) is 7.85. The van der Waals surface area contributed by atoms with Crippen molar-refractivity contribution in [3.63, 3.8) is 0 Å². The van der Waals surface area contributed by atoms with Crippen molar-refractivity contribution < 1.29 is 22.4 Å². The Bertz CT molecular complexity index is 1140. The molecule has 11 heteroatoms. The summed E-state index contributed by atoms with van der Waals surface area (Å²) in [7, 11) is 0. The molecule has 0 saturated heterocycles. The normalized spacial score (nSPS) is 11.9. The lowest BCUT2D eigenvalue weighted by Gasteiger charge is -2.10. The maximum atomic E-state index is 13.6. The summed E-state index contributed by atoms with van der Waals surface area (Å²) in [6.07, 6.45) is -3.37. The zero-order chi connectivity index (χ0) is 19.9. The highest BCUT2D eigenvalue weighted by molar-refractivity contribution is 9.10. The van der Waals surface area contributed by atoms with Crippen LogP contribution in [0.2, 0.25) is 0 Å². The second-order valence-corrected chi connectivity index (χ2v) is 7.49. The fraction of sp³-hybridized carbons (Fsp3) is 0.118. The van der Waals surface area contributed by atoms with Gasteiger partial charge in [0.05, 0.1) is 17.3 Å². The molecule has 1 N–H and O–H groups in total. The van der Waals surface area contributed by atoms with Crippen molar-refractivity contribution in [2.75, 3.05) is 0 Å². The first-order chi connectivity index (χ1) is 13.3. The summed E-state index contributed by atoms with van der Waals surface area (Å²) in [5.74, 6) is -0.441. The molecular formula is C17H10BrF3N4O2S. The van der Waals surface area contributed by atoms with Crippen LogP contribution in [0.1, 0.15) is 21.1 Å². The van der Waals surface area contributed by atoms with Gasteiger partial charge in [0.15, 0.2) is 22.8 Å². The summed E-state index contributed by atoms with van der Waals surface area (Å²) in [5, 5.41) is 8.35. The highest BCUT2D eigenvalue weighted by atomic mass is 79.9. The Kier molecular flexibility index (Phi) is 4.71. The molecule has 0 radical (unpaired) electrons. The molecule has 1 amide bonds. The maximum absolute atomic E-state index is 13.6. The summed E-state index contributed by atoms with van der Waals surface area (Å²) in [6.45, 7) is 0.244. The average molecular weight is 471 g/mol. The van der Waals surface area contributed by atoms with E-state index in [1.165, 1.54) is 23.7 Å². The van der Waals surface area contributed by atoms with Crippen molar-refractivity contribution in [3.05, 3.63) is 62.7 Å². The van der Waals surface area contributed by atoms with Crippen molar-refractivity contribution in [1.82, 2.24) is 19.9 Å². The van der Waals surface area contributed by atoms with Crippen molar-refractivity contribution in [2.45, 2.75) is 12.7 Å². The fourth-order valence-corrected chi connectivity index (χ4v) is 3.71. The molecular weight excluding hydrogens is 461 g/mol. The maximum Gasteiger partial charge on any atom is 0.433 e. The number of hydrogen-bond donors (Lipinski definition) is 1. The van der Waals surface area contributed by atoms with E-state index in [2.05, 4.69) is 31.3 Å². The number of nitrogens with one attached hydrogen (secondary N) is 1. The molecule has 4 rings (SSSR count). The minimum absolute atomic E-state index is 0.0176. The molecule has 0 aliphatic rings. The molecule has 4 aromatic rings. The van der Waals surface area contributed by atoms with Crippen molar-refractivity contribution in [1.29, 1.82) is 0 Å². The molecule has 0 aliphatic heterocycles. The third-order valence-electron chi connectivity index (χ3n) is 3.82. The van der Waals surface area contributed by atoms with E-state index in [0.29, 0.717) is 4.52 Å². The molecule has 0 bridgehead atoms. The van der Waals surface area contributed by atoms with Crippen LogP contribution >= 0.6 is 27.3 Å². The predicted molar refractivity (Wildman–Crippen MR) is 98.9 cm³/mol. The van der Waals surface area contributed by atoms with E-state index in [1.807, 2.05) is 17.5 Å². The number of halogens is 4. The number of furan rings is 1. The van der Waals surface area contributed by atoms with Gasteiger partial charge in [0, 0.05) is 4.88 Å². The van der Waals surface area contributed by atoms with Crippen molar-refractivity contribution >= 4 is 38.8 Å². The molecule has 4 heterocycles. The summed E-state index contributed by atoms with van der Waals surface area (Å²) in [5.41, 5.74) is -1.41. The topological polar surface area (TPSA) is 72.4 Å². The van der Waals surface area contributed by atoms with Gasteiger partial charge in [-0.15, -0.1) is 11.3 Å². The van der Waals surface area contributed by atoms with Crippen molar-refractivity contribution in [2.24, 2.45) is 0 Å². The molecule has 0 saturated carbocycles. The number of amides is 1. The standard InChI is InChI=1S/C17H10BrF3N4O2S/c18-13-14(16(26)22-8-9-3-2-6-28-9)24-25-12(17(19,20)21)7-10(23-15(13)25)11-4-1-5-27-11/h1-7H,8H2,(H,22,26). The number of alkyl halides is 3. The van der Waals surface area contributed by atoms with Crippen LogP contribution in [0.25, 0.3) is 17.1 Å². The van der Waals surface area contributed by atoms with Crippen LogP contribution in [0.15, 0.2) is 50.9 Å². The van der Waals surface area contributed by atoms with E-state index >= 15 is 0 Å². The predicted octanol–water partition coefficient (Wildman–Crippen LogP) is 4.76. The number of carbonyl (C=O) groups is 1. The fourth-order valence-electron chi connectivity index (χ4n) is 2.55. The summed E-state index contributed by atoms with van der Waals surface area (Å²) < 4.78 is 46.6. The van der Waals surface area contributed by atoms with Gasteiger partial charge >= 0.3 is 6.18 Å². The lowest BCUT2D eigenvalue weighted by atomic mass is 10.2. The van der Waals surface area contributed by atoms with E-state index in [9.17, 15) is 18.0 Å². The van der Waals surface area contributed by atoms with Gasteiger partial charge in [-0.25, -0.2) is 9.50 Å². The lowest BCUT2D eigenvalue weighted by Crippen LogP contribution is -2.23. The van der Waals surface area contributed by atoms with Gasteiger partial charge in [-0.3, -0.25) is 4.79 Å². The molecule has 0 atom stereocenters. The minimum atomic E-state index is -4.71. The highest BCUT2D eigenvalue weighted by Crippen LogP contribution is 2.34. The second-order valence-electron chi connectivity index (χ2n) is 5.66. The molecule has 0 aromatic carbocycles. The van der Waals surface area contributed by atoms with E-state index in [0.717, 1.165) is 10.9 Å². The Hall–Kier alpha value is -2.66. The van der Waals surface area contributed by atoms with Crippen molar-refractivity contribution in [3.8, 4) is 11.5 Å². The van der Waals surface area contributed by atoms with Gasteiger partial charge in [-0.2, -0.15) is 18.3 Å². The van der Waals surface area contributed by atoms with E-state index < -0.39 is 17.8 Å². The van der Waals surface area contributed by atoms with Gasteiger partial charge in [0.2, 0.25) is 0 Å². The monoisotopic (exact) mass is 470 g/mol. The number of aromatic nitrogens is 3. The number of carbonyl (C=O) groups excluding carboxylic acids is 1. The molecule has 0 unspecified atom stereocenters. The molecule has 6 nitrogen and oxygen atoms in total. The Morgan fingerprint density at radius 3 is 2.79 bits per heavy atom. The third-order valence-corrected chi connectivity index (χ3v) is 5.42. The summed E-state index contributed by atoms with van der Waals surface area (Å²) in [4.78, 5) is 17.6. The van der Waals surface area contributed by atoms with Gasteiger partial charge < -0.3 is 9.73 Å². The van der Waals surface area contributed by atoms with Gasteiger partial charge in [-0.1, -0.05) is 6.07 Å². The number of rotatable bonds is 4. The lowest BCUT2D eigenvalue weighted by molar-refractivity contribution is -0.142. The number of nitrogens with zero attached hydrogens (tertiary/aromatic N) is 3. The Labute approximate surface area is 168 Å². The quantitative estimate of drug-likeness (QED) is 0.466. The first kappa shape index (κ1) is 18.7. The van der Waals surface area contributed by atoms with Crippen LogP contribution in [0, 0.1) is 0 Å². The molecule has 4 aromatic heterocycles. The van der Waals surface area contributed by atoms with Crippen LogP contribution < -0.4 is 5.32 Å². The van der Waals surface area contributed by atoms with Crippen LogP contribution in [-0.2, 0) is 12.7 Å².